The third kappa shape index (κ3) is 3.16. The molecule has 0 amide bonds. The van der Waals surface area contributed by atoms with Gasteiger partial charge in [-0.1, -0.05) is 6.92 Å². The standard InChI is InChI=1S/C12H25N3/c1-11-8-13-5-7-15(9-11)12-4-3-6-14(2)10-12/h11-13H,3-10H2,1-2H3. The minimum absolute atomic E-state index is 0.805. The predicted molar refractivity (Wildman–Crippen MR) is 64.1 cm³/mol. The van der Waals surface area contributed by atoms with Crippen LogP contribution in [-0.4, -0.2) is 62.2 Å². The topological polar surface area (TPSA) is 18.5 Å². The van der Waals surface area contributed by atoms with Crippen LogP contribution in [0, 0.1) is 5.92 Å². The monoisotopic (exact) mass is 211 g/mol. The molecule has 2 aliphatic rings. The van der Waals surface area contributed by atoms with Crippen LogP contribution in [0.3, 0.4) is 0 Å². The molecule has 2 rings (SSSR count). The minimum Gasteiger partial charge on any atom is -0.315 e. The summed E-state index contributed by atoms with van der Waals surface area (Å²) < 4.78 is 0. The molecule has 1 N–H and O–H groups in total. The van der Waals surface area contributed by atoms with Crippen molar-refractivity contribution in [2.24, 2.45) is 5.92 Å². The van der Waals surface area contributed by atoms with E-state index in [9.17, 15) is 0 Å². The molecular formula is C12H25N3. The molecule has 3 nitrogen and oxygen atoms in total. The van der Waals surface area contributed by atoms with Crippen LogP contribution in [-0.2, 0) is 0 Å². The molecule has 0 aromatic rings. The number of nitrogens with one attached hydrogen (secondary N) is 1. The van der Waals surface area contributed by atoms with E-state index in [4.69, 9.17) is 0 Å². The predicted octanol–water partition coefficient (Wildman–Crippen LogP) is 0.622. The van der Waals surface area contributed by atoms with Crippen molar-refractivity contribution in [3.05, 3.63) is 0 Å². The van der Waals surface area contributed by atoms with Crippen LogP contribution < -0.4 is 5.32 Å². The first-order chi connectivity index (χ1) is 7.25. The first-order valence-corrected chi connectivity index (χ1v) is 6.39. The Kier molecular flexibility index (Phi) is 4.00. The van der Waals surface area contributed by atoms with Crippen LogP contribution in [0.4, 0.5) is 0 Å². The van der Waals surface area contributed by atoms with Gasteiger partial charge in [0.05, 0.1) is 0 Å². The van der Waals surface area contributed by atoms with Crippen molar-refractivity contribution in [3.63, 3.8) is 0 Å². The zero-order chi connectivity index (χ0) is 10.7. The van der Waals surface area contributed by atoms with E-state index < -0.39 is 0 Å². The summed E-state index contributed by atoms with van der Waals surface area (Å²) in [5, 5.41) is 3.52. The molecule has 2 atom stereocenters. The van der Waals surface area contributed by atoms with Crippen LogP contribution in [0.5, 0.6) is 0 Å². The lowest BCUT2D eigenvalue weighted by atomic mass is 10.0. The Morgan fingerprint density at radius 3 is 2.87 bits per heavy atom. The Morgan fingerprint density at radius 2 is 2.07 bits per heavy atom. The van der Waals surface area contributed by atoms with Crippen molar-refractivity contribution in [1.29, 1.82) is 0 Å². The highest BCUT2D eigenvalue weighted by Gasteiger charge is 2.25. The average Bonchev–Trinajstić information content (AvgIpc) is 2.43. The minimum atomic E-state index is 0.805. The summed E-state index contributed by atoms with van der Waals surface area (Å²) >= 11 is 0. The van der Waals surface area contributed by atoms with Gasteiger partial charge in [-0.3, -0.25) is 4.90 Å². The summed E-state index contributed by atoms with van der Waals surface area (Å²) in [6.07, 6.45) is 2.77. The lowest BCUT2D eigenvalue weighted by molar-refractivity contribution is 0.109. The number of likely N-dealkylation sites (N-methyl/N-ethyl adjacent to an activating group) is 1. The highest BCUT2D eigenvalue weighted by atomic mass is 15.2. The zero-order valence-corrected chi connectivity index (χ0v) is 10.2. The fraction of sp³-hybridized carbons (Fsp3) is 1.00. The van der Waals surface area contributed by atoms with Crippen LogP contribution in [0.15, 0.2) is 0 Å². The van der Waals surface area contributed by atoms with Crippen molar-refractivity contribution in [2.75, 3.05) is 46.3 Å². The van der Waals surface area contributed by atoms with E-state index in [1.54, 1.807) is 0 Å². The van der Waals surface area contributed by atoms with Crippen LogP contribution in [0.1, 0.15) is 19.8 Å². The van der Waals surface area contributed by atoms with Gasteiger partial charge >= 0.3 is 0 Å². The summed E-state index contributed by atoms with van der Waals surface area (Å²) in [5.74, 6) is 0.805. The number of likely N-dealkylation sites (tertiary alicyclic amines) is 1. The van der Waals surface area contributed by atoms with Crippen LogP contribution >= 0.6 is 0 Å². The summed E-state index contributed by atoms with van der Waals surface area (Å²) in [6.45, 7) is 9.81. The SMILES string of the molecule is CC1CNCCN(C2CCCN(C)C2)C1. The van der Waals surface area contributed by atoms with Gasteiger partial charge in [0.15, 0.2) is 0 Å². The molecule has 0 aliphatic carbocycles. The lowest BCUT2D eigenvalue weighted by Gasteiger charge is -2.38. The van der Waals surface area contributed by atoms with Gasteiger partial charge in [0.1, 0.15) is 0 Å². The van der Waals surface area contributed by atoms with Crippen molar-refractivity contribution in [2.45, 2.75) is 25.8 Å². The second kappa shape index (κ2) is 5.28. The second-order valence-corrected chi connectivity index (χ2v) is 5.36. The van der Waals surface area contributed by atoms with Gasteiger partial charge in [0.2, 0.25) is 0 Å². The molecule has 2 fully saturated rings. The first-order valence-electron chi connectivity index (χ1n) is 6.39. The number of hydrogen-bond donors (Lipinski definition) is 1. The lowest BCUT2D eigenvalue weighted by Crippen LogP contribution is -2.48. The molecule has 0 aromatic heterocycles. The summed E-state index contributed by atoms with van der Waals surface area (Å²) in [7, 11) is 2.26. The fourth-order valence-electron chi connectivity index (χ4n) is 2.90. The van der Waals surface area contributed by atoms with E-state index in [1.165, 1.54) is 52.1 Å². The second-order valence-electron chi connectivity index (χ2n) is 5.36. The quantitative estimate of drug-likeness (QED) is 0.686. The van der Waals surface area contributed by atoms with Gasteiger partial charge in [-0.2, -0.15) is 0 Å². The molecule has 0 saturated carbocycles. The van der Waals surface area contributed by atoms with Gasteiger partial charge in [-0.25, -0.2) is 0 Å². The highest BCUT2D eigenvalue weighted by Crippen LogP contribution is 2.16. The molecule has 3 heteroatoms. The van der Waals surface area contributed by atoms with Crippen LogP contribution in [0.2, 0.25) is 0 Å². The molecule has 2 unspecified atom stereocenters. The molecule has 0 bridgehead atoms. The van der Waals surface area contributed by atoms with E-state index in [0.29, 0.717) is 0 Å². The van der Waals surface area contributed by atoms with E-state index >= 15 is 0 Å². The third-order valence-electron chi connectivity index (χ3n) is 3.73. The molecule has 0 spiro atoms. The molecule has 2 heterocycles. The summed E-state index contributed by atoms with van der Waals surface area (Å²) in [6, 6.07) is 0.811. The average molecular weight is 211 g/mol. The van der Waals surface area contributed by atoms with E-state index in [0.717, 1.165) is 12.0 Å². The van der Waals surface area contributed by atoms with Gasteiger partial charge in [-0.05, 0) is 38.9 Å². The largest absolute Gasteiger partial charge is 0.315 e. The number of hydrogen-bond acceptors (Lipinski definition) is 3. The summed E-state index contributed by atoms with van der Waals surface area (Å²) in [4.78, 5) is 5.19. The molecule has 2 saturated heterocycles. The smallest absolute Gasteiger partial charge is 0.0224 e. The highest BCUT2D eigenvalue weighted by molar-refractivity contribution is 4.82. The van der Waals surface area contributed by atoms with Gasteiger partial charge in [0, 0.05) is 32.2 Å². The summed E-state index contributed by atoms with van der Waals surface area (Å²) in [5.41, 5.74) is 0. The first kappa shape index (κ1) is 11.4. The van der Waals surface area contributed by atoms with Gasteiger partial charge < -0.3 is 10.2 Å². The maximum absolute atomic E-state index is 3.52. The Morgan fingerprint density at radius 1 is 1.20 bits per heavy atom. The van der Waals surface area contributed by atoms with E-state index in [2.05, 4.69) is 29.1 Å². The molecule has 15 heavy (non-hydrogen) atoms. The Hall–Kier alpha value is -0.120. The Bertz CT molecular complexity index is 195. The molecule has 88 valence electrons. The van der Waals surface area contributed by atoms with Crippen molar-refractivity contribution < 1.29 is 0 Å². The number of nitrogens with zero attached hydrogens (tertiary/aromatic N) is 2. The van der Waals surface area contributed by atoms with E-state index in [-0.39, 0.29) is 0 Å². The van der Waals surface area contributed by atoms with Gasteiger partial charge in [-0.15, -0.1) is 0 Å². The maximum atomic E-state index is 3.52. The Balaban J connectivity index is 1.89. The number of rotatable bonds is 1. The van der Waals surface area contributed by atoms with Crippen LogP contribution in [0.25, 0.3) is 0 Å². The van der Waals surface area contributed by atoms with Crippen molar-refractivity contribution in [1.82, 2.24) is 15.1 Å². The van der Waals surface area contributed by atoms with Crippen molar-refractivity contribution >= 4 is 0 Å². The maximum Gasteiger partial charge on any atom is 0.0224 e. The van der Waals surface area contributed by atoms with E-state index in [1.807, 2.05) is 0 Å². The third-order valence-corrected chi connectivity index (χ3v) is 3.73. The molecular weight excluding hydrogens is 186 g/mol. The Labute approximate surface area is 93.8 Å². The number of piperidine rings is 1. The molecule has 0 aromatic carbocycles. The molecule has 0 radical (unpaired) electrons. The zero-order valence-electron chi connectivity index (χ0n) is 10.2. The molecule has 2 aliphatic heterocycles. The van der Waals surface area contributed by atoms with Crippen molar-refractivity contribution in [3.8, 4) is 0 Å². The van der Waals surface area contributed by atoms with Gasteiger partial charge in [0.25, 0.3) is 0 Å². The fourth-order valence-corrected chi connectivity index (χ4v) is 2.90. The normalized spacial score (nSPS) is 36.4.